The molecule has 2 aromatic rings. The van der Waals surface area contributed by atoms with Gasteiger partial charge in [0.15, 0.2) is 0 Å². The Balaban J connectivity index is 1.51. The summed E-state index contributed by atoms with van der Waals surface area (Å²) in [6, 6.07) is 10.5. The third kappa shape index (κ3) is 5.74. The highest BCUT2D eigenvalue weighted by molar-refractivity contribution is 9.10. The van der Waals surface area contributed by atoms with Gasteiger partial charge < -0.3 is 9.64 Å². The van der Waals surface area contributed by atoms with Crippen molar-refractivity contribution in [2.24, 2.45) is 0 Å². The summed E-state index contributed by atoms with van der Waals surface area (Å²) < 4.78 is 6.74. The zero-order valence-corrected chi connectivity index (χ0v) is 21.3. The summed E-state index contributed by atoms with van der Waals surface area (Å²) in [5.74, 6) is -0.171. The predicted octanol–water partition coefficient (Wildman–Crippen LogP) is 5.99. The lowest BCUT2D eigenvalue weighted by Crippen LogP contribution is -2.40. The summed E-state index contributed by atoms with van der Waals surface area (Å²) >= 11 is 16.4. The number of likely N-dealkylation sites (tertiary alicyclic amines) is 1. The number of rotatable bonds is 6. The first-order chi connectivity index (χ1) is 15.8. The molecular weight excluding hydrogens is 551 g/mol. The van der Waals surface area contributed by atoms with Crippen LogP contribution in [-0.2, 0) is 16.2 Å². The van der Waals surface area contributed by atoms with Crippen molar-refractivity contribution in [1.29, 1.82) is 0 Å². The minimum absolute atomic E-state index is 0.199. The number of halogens is 3. The molecular formula is C23H19BrCl2N2O4S. The molecule has 2 heterocycles. The highest BCUT2D eigenvalue weighted by Gasteiger charge is 2.37. The van der Waals surface area contributed by atoms with Gasteiger partial charge >= 0.3 is 0 Å². The highest BCUT2D eigenvalue weighted by atomic mass is 79.9. The quantitative estimate of drug-likeness (QED) is 0.399. The number of thioether (sulfide) groups is 1. The van der Waals surface area contributed by atoms with E-state index in [1.165, 1.54) is 0 Å². The van der Waals surface area contributed by atoms with Crippen LogP contribution in [0, 0.1) is 0 Å². The van der Waals surface area contributed by atoms with Gasteiger partial charge in [-0.3, -0.25) is 19.3 Å². The molecule has 3 amide bonds. The molecule has 0 bridgehead atoms. The molecule has 0 N–H and O–H groups in total. The van der Waals surface area contributed by atoms with E-state index in [1.54, 1.807) is 41.3 Å². The Bertz CT molecular complexity index is 1150. The average Bonchev–Trinajstić information content (AvgIpc) is 3.39. The van der Waals surface area contributed by atoms with E-state index in [9.17, 15) is 14.4 Å². The third-order valence-electron chi connectivity index (χ3n) is 5.28. The van der Waals surface area contributed by atoms with Crippen molar-refractivity contribution < 1.29 is 19.1 Å². The van der Waals surface area contributed by atoms with Crippen LogP contribution in [0.15, 0.2) is 45.8 Å². The Labute approximate surface area is 214 Å². The van der Waals surface area contributed by atoms with Crippen molar-refractivity contribution in [3.8, 4) is 5.75 Å². The number of benzene rings is 2. The van der Waals surface area contributed by atoms with Crippen LogP contribution in [0.25, 0.3) is 6.08 Å². The van der Waals surface area contributed by atoms with E-state index in [2.05, 4.69) is 15.9 Å². The van der Waals surface area contributed by atoms with Gasteiger partial charge in [-0.25, -0.2) is 0 Å². The molecule has 0 saturated carbocycles. The van der Waals surface area contributed by atoms with Crippen molar-refractivity contribution in [3.63, 3.8) is 0 Å². The maximum Gasteiger partial charge on any atom is 0.294 e. The smallest absolute Gasteiger partial charge is 0.294 e. The van der Waals surface area contributed by atoms with E-state index in [0.717, 1.165) is 39.5 Å². The van der Waals surface area contributed by atoms with E-state index in [-0.39, 0.29) is 24.0 Å². The van der Waals surface area contributed by atoms with E-state index in [1.807, 2.05) is 6.07 Å². The van der Waals surface area contributed by atoms with Gasteiger partial charge in [-0.15, -0.1) is 0 Å². The third-order valence-corrected chi connectivity index (χ3v) is 7.27. The van der Waals surface area contributed by atoms with E-state index in [4.69, 9.17) is 27.9 Å². The monoisotopic (exact) mass is 568 g/mol. The van der Waals surface area contributed by atoms with Gasteiger partial charge in [0.25, 0.3) is 11.1 Å². The molecule has 0 atom stereocenters. The standard InChI is InChI=1S/C23H19BrCl2N2O4S/c24-16-4-6-19(32-13-14-3-5-17(25)11-18(14)26)15(9-16)10-20-22(30)28(23(31)33-20)12-21(29)27-7-1-2-8-27/h3-6,9-11H,1-2,7-8,12-13H2/b20-10-. The van der Waals surface area contributed by atoms with E-state index < -0.39 is 11.1 Å². The molecule has 0 spiro atoms. The average molecular weight is 570 g/mol. The van der Waals surface area contributed by atoms with Gasteiger partial charge in [0, 0.05) is 38.7 Å². The van der Waals surface area contributed by atoms with Crippen LogP contribution in [0.3, 0.4) is 0 Å². The minimum atomic E-state index is -0.482. The van der Waals surface area contributed by atoms with Gasteiger partial charge in [0.05, 0.1) is 4.91 Å². The lowest BCUT2D eigenvalue weighted by atomic mass is 10.1. The lowest BCUT2D eigenvalue weighted by Gasteiger charge is -2.18. The molecule has 2 aliphatic rings. The second-order valence-electron chi connectivity index (χ2n) is 7.56. The summed E-state index contributed by atoms with van der Waals surface area (Å²) in [6.07, 6.45) is 3.50. The molecule has 4 rings (SSSR count). The fraction of sp³-hybridized carbons (Fsp3) is 0.261. The van der Waals surface area contributed by atoms with E-state index in [0.29, 0.717) is 34.4 Å². The molecule has 2 saturated heterocycles. The summed E-state index contributed by atoms with van der Waals surface area (Å²) in [6.45, 7) is 1.30. The number of carbonyl (C=O) groups excluding carboxylic acids is 3. The topological polar surface area (TPSA) is 66.9 Å². The largest absolute Gasteiger partial charge is 0.488 e. The first kappa shape index (κ1) is 24.1. The number of nitrogens with zero attached hydrogens (tertiary/aromatic N) is 2. The molecule has 0 radical (unpaired) electrons. The number of imide groups is 1. The van der Waals surface area contributed by atoms with Crippen molar-refractivity contribution in [2.45, 2.75) is 19.4 Å². The molecule has 172 valence electrons. The minimum Gasteiger partial charge on any atom is -0.488 e. The Morgan fingerprint density at radius 2 is 1.88 bits per heavy atom. The van der Waals surface area contributed by atoms with Crippen LogP contribution in [-0.4, -0.2) is 46.5 Å². The predicted molar refractivity (Wildman–Crippen MR) is 133 cm³/mol. The van der Waals surface area contributed by atoms with Gasteiger partial charge in [0.2, 0.25) is 5.91 Å². The maximum absolute atomic E-state index is 12.9. The molecule has 0 aliphatic carbocycles. The molecule has 2 aromatic carbocycles. The zero-order valence-electron chi connectivity index (χ0n) is 17.4. The SMILES string of the molecule is O=C(CN1C(=O)S/C(=C\c2cc(Br)ccc2OCc2ccc(Cl)cc2Cl)C1=O)N1CCCC1. The molecule has 33 heavy (non-hydrogen) atoms. The molecule has 6 nitrogen and oxygen atoms in total. The van der Waals surface area contributed by atoms with Crippen LogP contribution >= 0.6 is 50.9 Å². The first-order valence-corrected chi connectivity index (χ1v) is 12.6. The van der Waals surface area contributed by atoms with Crippen LogP contribution in [0.5, 0.6) is 5.75 Å². The number of amides is 3. The van der Waals surface area contributed by atoms with Crippen LogP contribution < -0.4 is 4.74 Å². The van der Waals surface area contributed by atoms with Gasteiger partial charge in [0.1, 0.15) is 18.9 Å². The maximum atomic E-state index is 12.9. The van der Waals surface area contributed by atoms with Crippen molar-refractivity contribution in [2.75, 3.05) is 19.6 Å². The summed E-state index contributed by atoms with van der Waals surface area (Å²) in [7, 11) is 0. The summed E-state index contributed by atoms with van der Waals surface area (Å²) in [4.78, 5) is 40.7. The second-order valence-corrected chi connectivity index (χ2v) is 10.3. The summed E-state index contributed by atoms with van der Waals surface area (Å²) in [5.41, 5.74) is 1.38. The molecule has 0 unspecified atom stereocenters. The fourth-order valence-corrected chi connectivity index (χ4v) is 5.21. The molecule has 2 aliphatic heterocycles. The van der Waals surface area contributed by atoms with Gasteiger partial charge in [-0.2, -0.15) is 0 Å². The number of hydrogen-bond acceptors (Lipinski definition) is 5. The lowest BCUT2D eigenvalue weighted by molar-refractivity contribution is -0.135. The van der Waals surface area contributed by atoms with Crippen molar-refractivity contribution in [3.05, 3.63) is 66.9 Å². The Morgan fingerprint density at radius 1 is 1.12 bits per heavy atom. The Morgan fingerprint density at radius 3 is 2.61 bits per heavy atom. The summed E-state index contributed by atoms with van der Waals surface area (Å²) in [5, 5.41) is 0.571. The normalized spacial score (nSPS) is 17.4. The van der Waals surface area contributed by atoms with Crippen molar-refractivity contribution in [1.82, 2.24) is 9.80 Å². The second kappa shape index (κ2) is 10.5. The number of ether oxygens (including phenoxy) is 1. The fourth-order valence-electron chi connectivity index (χ4n) is 3.54. The van der Waals surface area contributed by atoms with Crippen LogP contribution in [0.4, 0.5) is 4.79 Å². The van der Waals surface area contributed by atoms with Crippen LogP contribution in [0.2, 0.25) is 10.0 Å². The Hall–Kier alpha value is -2.00. The van der Waals surface area contributed by atoms with Gasteiger partial charge in [-0.1, -0.05) is 45.2 Å². The molecule has 10 heteroatoms. The first-order valence-electron chi connectivity index (χ1n) is 10.2. The highest BCUT2D eigenvalue weighted by Crippen LogP contribution is 2.35. The van der Waals surface area contributed by atoms with Gasteiger partial charge in [-0.05, 0) is 61.0 Å². The number of hydrogen-bond donors (Lipinski definition) is 0. The zero-order chi connectivity index (χ0) is 23.5. The molecule has 0 aromatic heterocycles. The van der Waals surface area contributed by atoms with E-state index >= 15 is 0 Å². The Kier molecular flexibility index (Phi) is 7.69. The van der Waals surface area contributed by atoms with Crippen LogP contribution in [0.1, 0.15) is 24.0 Å². The molecule has 2 fully saturated rings. The van der Waals surface area contributed by atoms with Crippen molar-refractivity contribution >= 4 is 74.0 Å². The number of carbonyl (C=O) groups is 3.